The van der Waals surface area contributed by atoms with Crippen molar-refractivity contribution in [3.05, 3.63) is 12.0 Å². The molecular formula is C10H21NS. The van der Waals surface area contributed by atoms with Gasteiger partial charge in [0.15, 0.2) is 0 Å². The topological polar surface area (TPSA) is 12.4 Å². The molecule has 0 saturated carbocycles. The molecule has 0 bridgehead atoms. The second kappa shape index (κ2) is 17.0. The molecule has 0 aliphatic heterocycles. The van der Waals surface area contributed by atoms with Crippen LogP contribution in [0.1, 0.15) is 32.6 Å². The molecule has 0 aromatic carbocycles. The molecule has 12 heavy (non-hydrogen) atoms. The van der Waals surface area contributed by atoms with Crippen LogP contribution in [0.15, 0.2) is 17.0 Å². The number of rotatable bonds is 5. The Labute approximate surface area is 81.4 Å². The van der Waals surface area contributed by atoms with E-state index in [2.05, 4.69) is 18.5 Å². The van der Waals surface area contributed by atoms with Gasteiger partial charge in [-0.05, 0) is 30.7 Å². The summed E-state index contributed by atoms with van der Waals surface area (Å²) in [5.74, 6) is 0. The summed E-state index contributed by atoms with van der Waals surface area (Å²) in [6, 6.07) is 0. The van der Waals surface area contributed by atoms with E-state index in [4.69, 9.17) is 0 Å². The maximum Gasteiger partial charge on any atom is 0.0273 e. The number of aliphatic imine (C=N–C) groups is 1. The normalized spacial score (nSPS) is 9.25. The van der Waals surface area contributed by atoms with Crippen LogP contribution in [0.5, 0.6) is 0 Å². The Morgan fingerprint density at radius 3 is 2.33 bits per heavy atom. The van der Waals surface area contributed by atoms with Gasteiger partial charge in [0.1, 0.15) is 0 Å². The molecule has 0 heterocycles. The van der Waals surface area contributed by atoms with Gasteiger partial charge in [-0.2, -0.15) is 0 Å². The van der Waals surface area contributed by atoms with E-state index in [1.165, 1.54) is 19.3 Å². The highest BCUT2D eigenvalue weighted by Crippen LogP contribution is 1.95. The fourth-order valence-electron chi connectivity index (χ4n) is 0.615. The monoisotopic (exact) mass is 187 g/mol. The second-order valence-electron chi connectivity index (χ2n) is 2.34. The lowest BCUT2D eigenvalue weighted by atomic mass is 10.2. The van der Waals surface area contributed by atoms with Crippen LogP contribution in [0.3, 0.4) is 0 Å². The van der Waals surface area contributed by atoms with E-state index < -0.39 is 0 Å². The number of nitrogens with zero attached hydrogens (tertiary/aromatic N) is 1. The first-order valence-corrected chi connectivity index (χ1v) is 5.66. The van der Waals surface area contributed by atoms with Gasteiger partial charge in [-0.25, -0.2) is 0 Å². The summed E-state index contributed by atoms with van der Waals surface area (Å²) in [7, 11) is 1.83. The highest BCUT2D eigenvalue weighted by molar-refractivity contribution is 8.01. The van der Waals surface area contributed by atoms with Gasteiger partial charge in [0.25, 0.3) is 0 Å². The lowest BCUT2D eigenvalue weighted by Gasteiger charge is -1.88. The molecule has 0 N–H and O–H groups in total. The van der Waals surface area contributed by atoms with E-state index in [1.54, 1.807) is 17.2 Å². The first-order valence-electron chi connectivity index (χ1n) is 4.37. The molecule has 0 unspecified atom stereocenters. The second-order valence-corrected chi connectivity index (χ2v) is 3.14. The van der Waals surface area contributed by atoms with E-state index >= 15 is 0 Å². The van der Waals surface area contributed by atoms with Crippen molar-refractivity contribution in [2.24, 2.45) is 4.99 Å². The summed E-state index contributed by atoms with van der Waals surface area (Å²) < 4.78 is 0. The van der Waals surface area contributed by atoms with Crippen molar-refractivity contribution < 1.29 is 0 Å². The molecule has 1 nitrogen and oxygen atoms in total. The Morgan fingerprint density at radius 1 is 1.42 bits per heavy atom. The van der Waals surface area contributed by atoms with Gasteiger partial charge in [0.05, 0.1) is 0 Å². The minimum atomic E-state index is 1.16. The van der Waals surface area contributed by atoms with Crippen LogP contribution in [0.4, 0.5) is 0 Å². The molecule has 0 rings (SSSR count). The zero-order valence-corrected chi connectivity index (χ0v) is 9.36. The number of hydrogen-bond acceptors (Lipinski definition) is 2. The van der Waals surface area contributed by atoms with Crippen LogP contribution in [0.25, 0.3) is 0 Å². The lowest BCUT2D eigenvalue weighted by Crippen LogP contribution is -1.75. The average Bonchev–Trinajstić information content (AvgIpc) is 2.13. The van der Waals surface area contributed by atoms with Gasteiger partial charge in [-0.3, -0.25) is 0 Å². The van der Waals surface area contributed by atoms with Gasteiger partial charge in [-0.1, -0.05) is 26.3 Å². The Balaban J connectivity index is 0. The predicted octanol–water partition coefficient (Wildman–Crippen LogP) is 3.76. The summed E-state index contributed by atoms with van der Waals surface area (Å²) in [6.07, 6.45) is 9.06. The van der Waals surface area contributed by atoms with E-state index in [9.17, 15) is 0 Å². The van der Waals surface area contributed by atoms with Crippen molar-refractivity contribution in [1.82, 2.24) is 0 Å². The molecule has 2 heteroatoms. The molecule has 0 atom stereocenters. The fraction of sp³-hybridized carbons (Fsp3) is 0.700. The van der Waals surface area contributed by atoms with Crippen molar-refractivity contribution in [3.63, 3.8) is 0 Å². The molecule has 0 aliphatic rings. The summed E-state index contributed by atoms with van der Waals surface area (Å²) in [4.78, 5) is 3.88. The predicted molar refractivity (Wildman–Crippen MR) is 62.3 cm³/mol. The van der Waals surface area contributed by atoms with Crippen LogP contribution in [0, 0.1) is 0 Å². The van der Waals surface area contributed by atoms with Crippen molar-refractivity contribution in [3.8, 4) is 0 Å². The summed E-state index contributed by atoms with van der Waals surface area (Å²) in [5, 5.41) is 1.79. The Morgan fingerprint density at radius 2 is 2.00 bits per heavy atom. The smallest absolute Gasteiger partial charge is 0.0273 e. The number of thioether (sulfide) groups is 1. The lowest BCUT2D eigenvalue weighted by molar-refractivity contribution is 0.746. The average molecular weight is 187 g/mol. The SMILES string of the molecule is C=CSC.CCCCCC=NC. The van der Waals surface area contributed by atoms with Crippen LogP contribution in [-0.4, -0.2) is 19.5 Å². The highest BCUT2D eigenvalue weighted by atomic mass is 32.2. The zero-order valence-electron chi connectivity index (χ0n) is 8.55. The van der Waals surface area contributed by atoms with E-state index in [1.807, 2.05) is 19.5 Å². The molecule has 72 valence electrons. The van der Waals surface area contributed by atoms with Crippen molar-refractivity contribution in [2.75, 3.05) is 13.3 Å². The molecule has 0 amide bonds. The third kappa shape index (κ3) is 22.6. The Kier molecular flexibility index (Phi) is 20.3. The molecule has 0 aliphatic carbocycles. The standard InChI is InChI=1S/C7H15N.C3H6S/c1-3-4-5-6-7-8-2;1-3-4-2/h7H,3-6H2,1-2H3;3H,1H2,2H3. The van der Waals surface area contributed by atoms with Gasteiger partial charge < -0.3 is 4.99 Å². The van der Waals surface area contributed by atoms with E-state index in [-0.39, 0.29) is 0 Å². The molecular weight excluding hydrogens is 166 g/mol. The van der Waals surface area contributed by atoms with Gasteiger partial charge in [-0.15, -0.1) is 11.8 Å². The molecule has 0 fully saturated rings. The number of unbranched alkanes of at least 4 members (excludes halogenated alkanes) is 3. The van der Waals surface area contributed by atoms with Crippen LogP contribution in [0.2, 0.25) is 0 Å². The Hall–Kier alpha value is -0.240. The third-order valence-electron chi connectivity index (χ3n) is 1.29. The highest BCUT2D eigenvalue weighted by Gasteiger charge is 1.79. The summed E-state index contributed by atoms with van der Waals surface area (Å²) in [5.41, 5.74) is 0. The first kappa shape index (κ1) is 14.3. The van der Waals surface area contributed by atoms with Crippen LogP contribution >= 0.6 is 11.8 Å². The first-order chi connectivity index (χ1) is 5.83. The molecule has 0 spiro atoms. The van der Waals surface area contributed by atoms with Crippen molar-refractivity contribution in [2.45, 2.75) is 32.6 Å². The molecule has 0 aromatic rings. The van der Waals surface area contributed by atoms with Crippen LogP contribution in [-0.2, 0) is 0 Å². The number of hydrogen-bond donors (Lipinski definition) is 0. The maximum absolute atomic E-state index is 3.88. The quantitative estimate of drug-likeness (QED) is 0.471. The van der Waals surface area contributed by atoms with E-state index in [0.717, 1.165) is 6.42 Å². The molecule has 0 aromatic heterocycles. The fourth-order valence-corrected chi connectivity index (χ4v) is 0.615. The summed E-state index contributed by atoms with van der Waals surface area (Å²) >= 11 is 1.62. The third-order valence-corrected chi connectivity index (χ3v) is 1.62. The zero-order chi connectivity index (χ0) is 9.66. The van der Waals surface area contributed by atoms with Crippen molar-refractivity contribution >= 4 is 18.0 Å². The van der Waals surface area contributed by atoms with Gasteiger partial charge in [0, 0.05) is 7.05 Å². The maximum atomic E-state index is 3.88. The Bertz CT molecular complexity index is 100. The van der Waals surface area contributed by atoms with Gasteiger partial charge in [0.2, 0.25) is 0 Å². The van der Waals surface area contributed by atoms with Crippen LogP contribution < -0.4 is 0 Å². The minimum Gasteiger partial charge on any atom is -0.301 e. The van der Waals surface area contributed by atoms with E-state index in [0.29, 0.717) is 0 Å². The van der Waals surface area contributed by atoms with Crippen molar-refractivity contribution in [1.29, 1.82) is 0 Å². The summed E-state index contributed by atoms with van der Waals surface area (Å²) in [6.45, 7) is 5.65. The molecule has 0 radical (unpaired) electrons. The largest absolute Gasteiger partial charge is 0.301 e. The molecule has 0 saturated heterocycles. The minimum absolute atomic E-state index is 1.16. The van der Waals surface area contributed by atoms with Gasteiger partial charge >= 0.3 is 0 Å².